The molecule has 0 fully saturated rings. The number of esters is 1. The summed E-state index contributed by atoms with van der Waals surface area (Å²) in [4.78, 5) is 30.1. The third-order valence-electron chi connectivity index (χ3n) is 4.69. The summed E-state index contributed by atoms with van der Waals surface area (Å²) in [7, 11) is 1.33. The van der Waals surface area contributed by atoms with Gasteiger partial charge in [-0.25, -0.2) is 14.5 Å². The van der Waals surface area contributed by atoms with Crippen LogP contribution in [0.3, 0.4) is 0 Å². The van der Waals surface area contributed by atoms with Gasteiger partial charge in [0.2, 0.25) is 0 Å². The number of carbonyl (C=O) groups excluding carboxylic acids is 2. The Morgan fingerprint density at radius 2 is 1.96 bits per heavy atom. The first-order valence-corrected chi connectivity index (χ1v) is 9.43. The van der Waals surface area contributed by atoms with Crippen molar-refractivity contribution in [3.63, 3.8) is 0 Å². The van der Waals surface area contributed by atoms with E-state index in [4.69, 9.17) is 9.72 Å². The minimum absolute atomic E-state index is 0.119. The zero-order chi connectivity index (χ0) is 20.4. The van der Waals surface area contributed by atoms with Gasteiger partial charge in [-0.15, -0.1) is 0 Å². The highest BCUT2D eigenvalue weighted by atomic mass is 16.5. The number of hydrogen-bond donors (Lipinski definition) is 1. The molecule has 2 heterocycles. The highest BCUT2D eigenvalue weighted by Gasteiger charge is 2.36. The molecule has 0 saturated heterocycles. The summed E-state index contributed by atoms with van der Waals surface area (Å²) in [5, 5.41) is 7.96. The van der Waals surface area contributed by atoms with Crippen molar-refractivity contribution in [1.82, 2.24) is 20.1 Å². The number of aromatic nitrogens is 3. The monoisotopic (exact) mass is 374 g/mol. The van der Waals surface area contributed by atoms with Gasteiger partial charge in [-0.3, -0.25) is 4.79 Å². The lowest BCUT2D eigenvalue weighted by Crippen LogP contribution is -2.52. The Morgan fingerprint density at radius 3 is 2.48 bits per heavy atom. The third-order valence-corrected chi connectivity index (χ3v) is 4.69. The molecule has 2 rings (SSSR count). The van der Waals surface area contributed by atoms with Gasteiger partial charge in [-0.1, -0.05) is 27.2 Å². The van der Waals surface area contributed by atoms with Crippen LogP contribution in [-0.2, 0) is 9.53 Å². The van der Waals surface area contributed by atoms with Gasteiger partial charge in [-0.05, 0) is 39.2 Å². The first kappa shape index (κ1) is 20.9. The van der Waals surface area contributed by atoms with E-state index in [1.165, 1.54) is 7.11 Å². The fourth-order valence-electron chi connectivity index (χ4n) is 3.16. The number of hydrogen-bond acceptors (Lipinski definition) is 5. The molecule has 1 amide bonds. The average Bonchev–Trinajstić information content (AvgIpc) is 3.04. The second kappa shape index (κ2) is 8.06. The number of methoxy groups -OCH3 is 1. The molecule has 7 nitrogen and oxygen atoms in total. The maximum Gasteiger partial charge on any atom is 0.331 e. The van der Waals surface area contributed by atoms with Crippen LogP contribution in [0.4, 0.5) is 0 Å². The van der Waals surface area contributed by atoms with Crippen molar-refractivity contribution < 1.29 is 14.3 Å². The van der Waals surface area contributed by atoms with Gasteiger partial charge in [-0.2, -0.15) is 5.10 Å². The molecule has 148 valence electrons. The topological polar surface area (TPSA) is 86.1 Å². The summed E-state index contributed by atoms with van der Waals surface area (Å²) in [5.41, 5.74) is 0.881. The Bertz CT molecular complexity index is 841. The number of nitrogens with zero attached hydrogens (tertiary/aromatic N) is 3. The molecule has 0 saturated carbocycles. The largest absolute Gasteiger partial charge is 0.467 e. The van der Waals surface area contributed by atoms with Crippen LogP contribution in [0.25, 0.3) is 11.0 Å². The van der Waals surface area contributed by atoms with Crippen molar-refractivity contribution in [2.45, 2.75) is 71.9 Å². The van der Waals surface area contributed by atoms with E-state index in [9.17, 15) is 9.59 Å². The first-order valence-electron chi connectivity index (χ1n) is 9.43. The van der Waals surface area contributed by atoms with Crippen molar-refractivity contribution in [2.75, 3.05) is 7.11 Å². The molecular formula is C20H30N4O3. The maximum absolute atomic E-state index is 13.1. The Kier molecular flexibility index (Phi) is 6.23. The van der Waals surface area contributed by atoms with E-state index in [2.05, 4.69) is 10.4 Å². The summed E-state index contributed by atoms with van der Waals surface area (Å²) in [6.07, 6.45) is 2.89. The SMILES string of the molecule is CCCC(C)(NC(=O)c1cc(C(C)C)nc2c1cnn2C(C)C)C(=O)OC. The van der Waals surface area contributed by atoms with E-state index < -0.39 is 11.5 Å². The number of carbonyl (C=O) groups is 2. The first-order chi connectivity index (χ1) is 12.6. The zero-order valence-corrected chi connectivity index (χ0v) is 17.3. The lowest BCUT2D eigenvalue weighted by Gasteiger charge is -2.27. The number of pyridine rings is 1. The normalized spacial score (nSPS) is 13.8. The number of ether oxygens (including phenoxy) is 1. The van der Waals surface area contributed by atoms with Crippen molar-refractivity contribution >= 4 is 22.9 Å². The van der Waals surface area contributed by atoms with Gasteiger partial charge in [0.05, 0.1) is 24.3 Å². The van der Waals surface area contributed by atoms with E-state index in [0.717, 1.165) is 12.1 Å². The van der Waals surface area contributed by atoms with Crippen LogP contribution in [0.15, 0.2) is 12.3 Å². The second-order valence-corrected chi connectivity index (χ2v) is 7.70. The van der Waals surface area contributed by atoms with E-state index >= 15 is 0 Å². The lowest BCUT2D eigenvalue weighted by atomic mass is 9.95. The van der Waals surface area contributed by atoms with E-state index in [0.29, 0.717) is 23.0 Å². The minimum Gasteiger partial charge on any atom is -0.467 e. The average molecular weight is 374 g/mol. The molecule has 7 heteroatoms. The van der Waals surface area contributed by atoms with E-state index in [1.54, 1.807) is 19.2 Å². The van der Waals surface area contributed by atoms with Gasteiger partial charge in [0.1, 0.15) is 5.54 Å². The number of rotatable bonds is 7. The molecule has 0 radical (unpaired) electrons. The van der Waals surface area contributed by atoms with Crippen LogP contribution in [0.1, 0.15) is 82.4 Å². The number of amides is 1. The summed E-state index contributed by atoms with van der Waals surface area (Å²) in [6, 6.07) is 1.91. The molecule has 0 spiro atoms. The molecule has 1 N–H and O–H groups in total. The third kappa shape index (κ3) is 4.12. The Morgan fingerprint density at radius 1 is 1.30 bits per heavy atom. The van der Waals surface area contributed by atoms with Crippen LogP contribution < -0.4 is 5.32 Å². The molecule has 1 unspecified atom stereocenters. The molecule has 1 atom stereocenters. The molecule has 2 aromatic rings. The molecule has 2 aromatic heterocycles. The van der Waals surface area contributed by atoms with Crippen molar-refractivity contribution in [3.05, 3.63) is 23.5 Å². The fraction of sp³-hybridized carbons (Fsp3) is 0.600. The summed E-state index contributed by atoms with van der Waals surface area (Å²) < 4.78 is 6.72. The zero-order valence-electron chi connectivity index (χ0n) is 17.3. The lowest BCUT2D eigenvalue weighted by molar-refractivity contribution is -0.147. The second-order valence-electron chi connectivity index (χ2n) is 7.70. The molecular weight excluding hydrogens is 344 g/mol. The van der Waals surface area contributed by atoms with Gasteiger partial charge in [0.15, 0.2) is 5.65 Å². The predicted molar refractivity (Wildman–Crippen MR) is 105 cm³/mol. The van der Waals surface area contributed by atoms with Gasteiger partial charge >= 0.3 is 5.97 Å². The predicted octanol–water partition coefficient (Wildman–Crippen LogP) is 3.60. The summed E-state index contributed by atoms with van der Waals surface area (Å²) in [6.45, 7) is 11.8. The maximum atomic E-state index is 13.1. The van der Waals surface area contributed by atoms with Crippen LogP contribution in [0.5, 0.6) is 0 Å². The van der Waals surface area contributed by atoms with Gasteiger partial charge < -0.3 is 10.1 Å². The van der Waals surface area contributed by atoms with Crippen molar-refractivity contribution in [1.29, 1.82) is 0 Å². The molecule has 27 heavy (non-hydrogen) atoms. The molecule has 0 aromatic carbocycles. The highest BCUT2D eigenvalue weighted by molar-refractivity contribution is 6.07. The standard InChI is InChI=1S/C20H30N4O3/c1-8-9-20(6,19(26)27-7)23-18(25)14-10-16(12(2)3)22-17-15(14)11-21-24(17)13(4)5/h10-13H,8-9H2,1-7H3,(H,23,25). The Labute approximate surface area is 160 Å². The van der Waals surface area contributed by atoms with Gasteiger partial charge in [0.25, 0.3) is 5.91 Å². The smallest absolute Gasteiger partial charge is 0.331 e. The van der Waals surface area contributed by atoms with Crippen molar-refractivity contribution in [3.8, 4) is 0 Å². The summed E-state index contributed by atoms with van der Waals surface area (Å²) >= 11 is 0. The van der Waals surface area contributed by atoms with Crippen LogP contribution in [0.2, 0.25) is 0 Å². The van der Waals surface area contributed by atoms with Crippen LogP contribution in [0, 0.1) is 0 Å². The van der Waals surface area contributed by atoms with Crippen LogP contribution in [-0.4, -0.2) is 39.3 Å². The van der Waals surface area contributed by atoms with E-state index in [1.807, 2.05) is 39.3 Å². The molecule has 0 aliphatic heterocycles. The van der Waals surface area contributed by atoms with Gasteiger partial charge in [0, 0.05) is 11.7 Å². The minimum atomic E-state index is -1.08. The quantitative estimate of drug-likeness (QED) is 0.748. The van der Waals surface area contributed by atoms with Crippen molar-refractivity contribution in [2.24, 2.45) is 0 Å². The van der Waals surface area contributed by atoms with Crippen LogP contribution >= 0.6 is 0 Å². The molecule has 0 aliphatic carbocycles. The Balaban J connectivity index is 2.56. The number of nitrogens with one attached hydrogen (secondary N) is 1. The fourth-order valence-corrected chi connectivity index (χ4v) is 3.16. The Hall–Kier alpha value is -2.44. The molecule has 0 aliphatic rings. The highest BCUT2D eigenvalue weighted by Crippen LogP contribution is 2.25. The number of fused-ring (bicyclic) bond motifs is 1. The summed E-state index contributed by atoms with van der Waals surface area (Å²) in [5.74, 6) is -0.627. The molecule has 0 bridgehead atoms. The van der Waals surface area contributed by atoms with E-state index in [-0.39, 0.29) is 17.9 Å².